The summed E-state index contributed by atoms with van der Waals surface area (Å²) in [5.41, 5.74) is 0.650. The van der Waals surface area contributed by atoms with Crippen LogP contribution in [0.1, 0.15) is 49.7 Å². The predicted octanol–water partition coefficient (Wildman–Crippen LogP) is 4.16. The summed E-state index contributed by atoms with van der Waals surface area (Å²) >= 11 is 1.24. The Bertz CT molecular complexity index is 1010. The highest BCUT2D eigenvalue weighted by Gasteiger charge is 2.24. The summed E-state index contributed by atoms with van der Waals surface area (Å²) in [6, 6.07) is 12.2. The second-order valence-electron chi connectivity index (χ2n) is 8.44. The molecule has 0 spiro atoms. The van der Waals surface area contributed by atoms with Crippen LogP contribution in [0.5, 0.6) is 11.5 Å². The maximum atomic E-state index is 12.5. The third-order valence-electron chi connectivity index (χ3n) is 4.91. The van der Waals surface area contributed by atoms with E-state index in [0.29, 0.717) is 22.0 Å². The monoisotopic (exact) mass is 457 g/mol. The Labute approximate surface area is 191 Å². The number of esters is 1. The Morgan fingerprint density at radius 1 is 1.09 bits per heavy atom. The van der Waals surface area contributed by atoms with Crippen LogP contribution in [0.25, 0.3) is 0 Å². The SMILES string of the molecule is C[C@@H](NC(=O)CSc1ccccc1C(=O)OCC(=O)C(C)(C)C)c1ccc2c(c1)OCO2. The second kappa shape index (κ2) is 10.1. The Hall–Kier alpha value is -3.00. The summed E-state index contributed by atoms with van der Waals surface area (Å²) < 4.78 is 15.9. The van der Waals surface area contributed by atoms with Crippen molar-refractivity contribution in [3.63, 3.8) is 0 Å². The topological polar surface area (TPSA) is 90.9 Å². The summed E-state index contributed by atoms with van der Waals surface area (Å²) in [5, 5.41) is 2.95. The van der Waals surface area contributed by atoms with Gasteiger partial charge < -0.3 is 19.5 Å². The predicted molar refractivity (Wildman–Crippen MR) is 121 cm³/mol. The van der Waals surface area contributed by atoms with E-state index in [4.69, 9.17) is 14.2 Å². The largest absolute Gasteiger partial charge is 0.454 e. The molecule has 0 aromatic heterocycles. The molecule has 7 nitrogen and oxygen atoms in total. The zero-order chi connectivity index (χ0) is 23.3. The molecule has 0 aliphatic carbocycles. The van der Waals surface area contributed by atoms with Crippen molar-refractivity contribution in [2.45, 2.75) is 38.6 Å². The van der Waals surface area contributed by atoms with Crippen molar-refractivity contribution in [1.82, 2.24) is 5.32 Å². The number of hydrogen-bond donors (Lipinski definition) is 1. The van der Waals surface area contributed by atoms with Crippen LogP contribution in [-0.2, 0) is 14.3 Å². The first-order chi connectivity index (χ1) is 15.1. The smallest absolute Gasteiger partial charge is 0.339 e. The molecule has 1 aliphatic rings. The second-order valence-corrected chi connectivity index (χ2v) is 9.45. The van der Waals surface area contributed by atoms with E-state index in [1.54, 1.807) is 45.0 Å². The Kier molecular flexibility index (Phi) is 7.45. The van der Waals surface area contributed by atoms with Crippen LogP contribution in [0, 0.1) is 5.41 Å². The van der Waals surface area contributed by atoms with Crippen molar-refractivity contribution in [3.8, 4) is 11.5 Å². The van der Waals surface area contributed by atoms with E-state index in [2.05, 4.69) is 5.32 Å². The molecule has 1 aliphatic heterocycles. The van der Waals surface area contributed by atoms with Crippen molar-refractivity contribution >= 4 is 29.4 Å². The molecule has 0 saturated carbocycles. The molecule has 8 heteroatoms. The molecule has 0 bridgehead atoms. The number of ketones is 1. The Balaban J connectivity index is 1.55. The maximum Gasteiger partial charge on any atom is 0.339 e. The average Bonchev–Trinajstić information content (AvgIpc) is 3.23. The van der Waals surface area contributed by atoms with E-state index in [1.165, 1.54) is 11.8 Å². The molecule has 32 heavy (non-hydrogen) atoms. The molecule has 0 unspecified atom stereocenters. The lowest BCUT2D eigenvalue weighted by Crippen LogP contribution is -2.28. The number of fused-ring (bicyclic) bond motifs is 1. The van der Waals surface area contributed by atoms with Gasteiger partial charge in [0.05, 0.1) is 17.4 Å². The van der Waals surface area contributed by atoms with Gasteiger partial charge in [-0.3, -0.25) is 9.59 Å². The number of amides is 1. The van der Waals surface area contributed by atoms with Crippen molar-refractivity contribution in [2.75, 3.05) is 19.2 Å². The molecular formula is C24H27NO6S. The van der Waals surface area contributed by atoms with Crippen LogP contribution in [0.2, 0.25) is 0 Å². The highest BCUT2D eigenvalue weighted by Crippen LogP contribution is 2.34. The number of rotatable bonds is 8. The number of hydrogen-bond acceptors (Lipinski definition) is 7. The van der Waals surface area contributed by atoms with Gasteiger partial charge in [0.1, 0.15) is 0 Å². The molecule has 0 radical (unpaired) electrons. The van der Waals surface area contributed by atoms with Crippen molar-refractivity contribution < 1.29 is 28.6 Å². The molecule has 1 atom stereocenters. The molecule has 1 amide bonds. The summed E-state index contributed by atoms with van der Waals surface area (Å²) in [6.45, 7) is 7.12. The molecular weight excluding hydrogens is 430 g/mol. The van der Waals surface area contributed by atoms with Crippen LogP contribution >= 0.6 is 11.8 Å². The summed E-state index contributed by atoms with van der Waals surface area (Å²) in [4.78, 5) is 37.6. The van der Waals surface area contributed by atoms with Gasteiger partial charge in [-0.05, 0) is 36.8 Å². The van der Waals surface area contributed by atoms with Crippen LogP contribution in [0.15, 0.2) is 47.4 Å². The quantitative estimate of drug-likeness (QED) is 0.470. The Morgan fingerprint density at radius 3 is 2.56 bits per heavy atom. The standard InChI is InChI=1S/C24H27NO6S/c1-15(16-9-10-18-19(11-16)31-14-30-18)25-22(27)13-32-20-8-6-5-7-17(20)23(28)29-12-21(26)24(2,3)4/h5-11,15H,12-14H2,1-4H3,(H,25,27)/t15-/m1/s1. The number of thioether (sulfide) groups is 1. The molecule has 2 aromatic carbocycles. The van der Waals surface area contributed by atoms with Crippen LogP contribution in [0.4, 0.5) is 0 Å². The first kappa shape index (κ1) is 23.7. The molecule has 1 heterocycles. The fourth-order valence-electron chi connectivity index (χ4n) is 2.88. The van der Waals surface area contributed by atoms with Gasteiger partial charge in [0.25, 0.3) is 0 Å². The third kappa shape index (κ3) is 6.03. The number of Topliss-reactive ketones (excluding diaryl/α,β-unsaturated/α-hetero) is 1. The molecule has 3 rings (SSSR count). The van der Waals surface area contributed by atoms with Crippen LogP contribution in [-0.4, -0.2) is 36.8 Å². The minimum atomic E-state index is -0.583. The number of carbonyl (C=O) groups excluding carboxylic acids is 3. The van der Waals surface area contributed by atoms with E-state index < -0.39 is 11.4 Å². The van der Waals surface area contributed by atoms with Crippen molar-refractivity contribution in [1.29, 1.82) is 0 Å². The minimum Gasteiger partial charge on any atom is -0.454 e. The lowest BCUT2D eigenvalue weighted by atomic mass is 9.91. The number of nitrogens with one attached hydrogen (secondary N) is 1. The molecule has 1 N–H and O–H groups in total. The number of ether oxygens (including phenoxy) is 3. The fourth-order valence-corrected chi connectivity index (χ4v) is 3.73. The van der Waals surface area contributed by atoms with Gasteiger partial charge in [-0.1, -0.05) is 39.0 Å². The average molecular weight is 458 g/mol. The minimum absolute atomic E-state index is 0.125. The lowest BCUT2D eigenvalue weighted by Gasteiger charge is -2.17. The van der Waals surface area contributed by atoms with Gasteiger partial charge in [-0.15, -0.1) is 11.8 Å². The van der Waals surface area contributed by atoms with Gasteiger partial charge in [-0.25, -0.2) is 4.79 Å². The van der Waals surface area contributed by atoms with Gasteiger partial charge in [0.2, 0.25) is 12.7 Å². The fraction of sp³-hybridized carbons (Fsp3) is 0.375. The van der Waals surface area contributed by atoms with Gasteiger partial charge in [-0.2, -0.15) is 0 Å². The van der Waals surface area contributed by atoms with Gasteiger partial charge >= 0.3 is 5.97 Å². The van der Waals surface area contributed by atoms with E-state index in [-0.39, 0.29) is 36.9 Å². The summed E-state index contributed by atoms with van der Waals surface area (Å²) in [5.74, 6) is 0.560. The lowest BCUT2D eigenvalue weighted by molar-refractivity contribution is -0.129. The zero-order valence-corrected chi connectivity index (χ0v) is 19.4. The van der Waals surface area contributed by atoms with Crippen LogP contribution < -0.4 is 14.8 Å². The van der Waals surface area contributed by atoms with E-state index in [1.807, 2.05) is 25.1 Å². The molecule has 2 aromatic rings. The summed E-state index contributed by atoms with van der Waals surface area (Å²) in [6.07, 6.45) is 0. The highest BCUT2D eigenvalue weighted by molar-refractivity contribution is 8.00. The van der Waals surface area contributed by atoms with E-state index >= 15 is 0 Å². The van der Waals surface area contributed by atoms with Crippen molar-refractivity contribution in [2.24, 2.45) is 5.41 Å². The first-order valence-electron chi connectivity index (χ1n) is 10.3. The number of benzene rings is 2. The van der Waals surface area contributed by atoms with E-state index in [9.17, 15) is 14.4 Å². The van der Waals surface area contributed by atoms with Crippen LogP contribution in [0.3, 0.4) is 0 Å². The highest BCUT2D eigenvalue weighted by atomic mass is 32.2. The third-order valence-corrected chi connectivity index (χ3v) is 5.98. The van der Waals surface area contributed by atoms with Gasteiger partial charge in [0, 0.05) is 10.3 Å². The molecule has 170 valence electrons. The summed E-state index contributed by atoms with van der Waals surface area (Å²) in [7, 11) is 0. The Morgan fingerprint density at radius 2 is 1.81 bits per heavy atom. The van der Waals surface area contributed by atoms with E-state index in [0.717, 1.165) is 5.56 Å². The van der Waals surface area contributed by atoms with Gasteiger partial charge in [0.15, 0.2) is 23.9 Å². The molecule has 0 saturated heterocycles. The maximum absolute atomic E-state index is 12.5. The number of carbonyl (C=O) groups is 3. The zero-order valence-electron chi connectivity index (χ0n) is 18.6. The molecule has 0 fully saturated rings. The van der Waals surface area contributed by atoms with Crippen molar-refractivity contribution in [3.05, 3.63) is 53.6 Å². The first-order valence-corrected chi connectivity index (χ1v) is 11.2. The normalized spacial score (nSPS) is 13.4.